The van der Waals surface area contributed by atoms with Gasteiger partial charge < -0.3 is 9.47 Å². The lowest BCUT2D eigenvalue weighted by Gasteiger charge is -2.15. The maximum atomic E-state index is 14.1. The van der Waals surface area contributed by atoms with Crippen molar-refractivity contribution < 1.29 is 22.6 Å². The average molecular weight is 317 g/mol. The van der Waals surface area contributed by atoms with Crippen LogP contribution in [0.3, 0.4) is 0 Å². The van der Waals surface area contributed by atoms with Gasteiger partial charge in [-0.25, -0.2) is 13.2 Å². The summed E-state index contributed by atoms with van der Waals surface area (Å²) >= 11 is 6.14. The van der Waals surface area contributed by atoms with Gasteiger partial charge >= 0.3 is 0 Å². The number of rotatable bonds is 4. The first-order valence-electron chi connectivity index (χ1n) is 5.97. The predicted octanol–water partition coefficient (Wildman–Crippen LogP) is 4.45. The molecule has 0 aliphatic heterocycles. The van der Waals surface area contributed by atoms with Crippen molar-refractivity contribution in [3.63, 3.8) is 0 Å². The van der Waals surface area contributed by atoms with Crippen molar-refractivity contribution in [1.29, 1.82) is 0 Å². The molecule has 0 saturated heterocycles. The smallest absolute Gasteiger partial charge is 0.163 e. The quantitative estimate of drug-likeness (QED) is 0.776. The van der Waals surface area contributed by atoms with E-state index in [-0.39, 0.29) is 22.6 Å². The molecule has 1 unspecified atom stereocenters. The summed E-state index contributed by atoms with van der Waals surface area (Å²) in [6.07, 6.45) is 0. The van der Waals surface area contributed by atoms with Crippen LogP contribution in [0.15, 0.2) is 30.3 Å². The largest absolute Gasteiger partial charge is 0.493 e. The first-order chi connectivity index (χ1) is 9.96. The summed E-state index contributed by atoms with van der Waals surface area (Å²) in [5.41, 5.74) is 0.152. The lowest BCUT2D eigenvalue weighted by molar-refractivity contribution is 0.351. The molecule has 1 atom stereocenters. The zero-order valence-corrected chi connectivity index (χ0v) is 12.0. The molecule has 0 N–H and O–H groups in total. The second kappa shape index (κ2) is 6.26. The summed E-state index contributed by atoms with van der Waals surface area (Å²) < 4.78 is 50.6. The van der Waals surface area contributed by atoms with E-state index < -0.39 is 22.8 Å². The van der Waals surface area contributed by atoms with Crippen LogP contribution in [0.1, 0.15) is 16.5 Å². The van der Waals surface area contributed by atoms with Gasteiger partial charge in [0.1, 0.15) is 17.5 Å². The summed E-state index contributed by atoms with van der Waals surface area (Å²) in [6, 6.07) is 5.28. The van der Waals surface area contributed by atoms with E-state index in [1.807, 2.05) is 0 Å². The number of methoxy groups -OCH3 is 2. The van der Waals surface area contributed by atoms with Crippen LogP contribution < -0.4 is 9.47 Å². The second-order valence-corrected chi connectivity index (χ2v) is 4.73. The van der Waals surface area contributed by atoms with Gasteiger partial charge in [0.25, 0.3) is 0 Å². The molecule has 0 heterocycles. The third kappa shape index (κ3) is 3.24. The lowest BCUT2D eigenvalue weighted by atomic mass is 10.0. The van der Waals surface area contributed by atoms with Crippen LogP contribution in [0.25, 0.3) is 0 Å². The summed E-state index contributed by atoms with van der Waals surface area (Å²) in [5.74, 6) is -1.74. The molecule has 2 aromatic carbocycles. The van der Waals surface area contributed by atoms with Crippen molar-refractivity contribution in [2.45, 2.75) is 5.38 Å². The molecule has 0 saturated carbocycles. The molecule has 2 rings (SSSR count). The van der Waals surface area contributed by atoms with Crippen LogP contribution in [-0.4, -0.2) is 14.2 Å². The Hall–Kier alpha value is -1.88. The molecule has 0 aliphatic carbocycles. The highest BCUT2D eigenvalue weighted by Crippen LogP contribution is 2.37. The Kier molecular flexibility index (Phi) is 4.63. The Morgan fingerprint density at radius 2 is 1.38 bits per heavy atom. The molecule has 6 heteroatoms. The van der Waals surface area contributed by atoms with Crippen molar-refractivity contribution in [3.05, 3.63) is 58.9 Å². The minimum Gasteiger partial charge on any atom is -0.493 e. The van der Waals surface area contributed by atoms with Crippen molar-refractivity contribution in [2.24, 2.45) is 0 Å². The zero-order valence-electron chi connectivity index (χ0n) is 11.3. The number of benzene rings is 2. The van der Waals surface area contributed by atoms with E-state index in [0.29, 0.717) is 0 Å². The molecule has 0 aromatic heterocycles. The maximum Gasteiger partial charge on any atom is 0.163 e. The molecule has 0 radical (unpaired) electrons. The van der Waals surface area contributed by atoms with Crippen molar-refractivity contribution in [3.8, 4) is 11.5 Å². The molecule has 0 bridgehead atoms. The van der Waals surface area contributed by atoms with Gasteiger partial charge in [-0.05, 0) is 23.8 Å². The Labute approximate surface area is 125 Å². The van der Waals surface area contributed by atoms with Gasteiger partial charge in [-0.15, -0.1) is 11.6 Å². The average Bonchev–Trinajstić information content (AvgIpc) is 2.45. The highest BCUT2D eigenvalue weighted by molar-refractivity contribution is 6.22. The summed E-state index contributed by atoms with van der Waals surface area (Å²) in [5, 5.41) is -1.06. The van der Waals surface area contributed by atoms with Gasteiger partial charge in [0.2, 0.25) is 0 Å². The van der Waals surface area contributed by atoms with E-state index in [1.165, 1.54) is 20.3 Å². The van der Waals surface area contributed by atoms with E-state index in [1.54, 1.807) is 0 Å². The first kappa shape index (κ1) is 15.5. The van der Waals surface area contributed by atoms with Gasteiger partial charge in [-0.1, -0.05) is 0 Å². The molecule has 2 nitrogen and oxygen atoms in total. The van der Waals surface area contributed by atoms with E-state index in [2.05, 4.69) is 0 Å². The summed E-state index contributed by atoms with van der Waals surface area (Å²) in [4.78, 5) is 0. The Bertz CT molecular complexity index is 641. The van der Waals surface area contributed by atoms with Crippen LogP contribution in [0.5, 0.6) is 11.5 Å². The van der Waals surface area contributed by atoms with Crippen LogP contribution in [0.4, 0.5) is 13.2 Å². The molecule has 0 fully saturated rings. The minimum absolute atomic E-state index is 0.0410. The molecule has 0 spiro atoms. The van der Waals surface area contributed by atoms with E-state index in [0.717, 1.165) is 24.3 Å². The Morgan fingerprint density at radius 3 is 1.90 bits per heavy atom. The molecular weight excluding hydrogens is 305 g/mol. The second-order valence-electron chi connectivity index (χ2n) is 4.29. The van der Waals surface area contributed by atoms with Gasteiger partial charge in [-0.3, -0.25) is 0 Å². The number of halogens is 4. The maximum absolute atomic E-state index is 14.1. The minimum atomic E-state index is -1.06. The number of alkyl halides is 1. The van der Waals surface area contributed by atoms with Crippen molar-refractivity contribution in [1.82, 2.24) is 0 Å². The van der Waals surface area contributed by atoms with E-state index >= 15 is 0 Å². The molecule has 2 aromatic rings. The number of hydrogen-bond acceptors (Lipinski definition) is 2. The first-order valence-corrected chi connectivity index (χ1v) is 6.41. The highest BCUT2D eigenvalue weighted by atomic mass is 35.5. The van der Waals surface area contributed by atoms with Crippen LogP contribution in [0, 0.1) is 17.5 Å². The molecular formula is C15H12ClF3O2. The standard InChI is InChI=1S/C15H12ClF3O2/c1-20-13-6-11(12(19)7-14(13)21-2)15(16)8-3-9(17)5-10(18)4-8/h3-7,15H,1-2H3. The van der Waals surface area contributed by atoms with Gasteiger partial charge in [0.05, 0.1) is 19.6 Å². The normalized spacial score (nSPS) is 12.1. The SMILES string of the molecule is COc1cc(F)c(C(Cl)c2cc(F)cc(F)c2)cc1OC. The zero-order chi connectivity index (χ0) is 15.6. The van der Waals surface area contributed by atoms with E-state index in [9.17, 15) is 13.2 Å². The van der Waals surface area contributed by atoms with Gasteiger partial charge in [0.15, 0.2) is 11.5 Å². The molecule has 112 valence electrons. The summed E-state index contributed by atoms with van der Waals surface area (Å²) in [6.45, 7) is 0. The topological polar surface area (TPSA) is 18.5 Å². The van der Waals surface area contributed by atoms with E-state index in [4.69, 9.17) is 21.1 Å². The highest BCUT2D eigenvalue weighted by Gasteiger charge is 2.20. The number of ether oxygens (including phenoxy) is 2. The molecule has 21 heavy (non-hydrogen) atoms. The van der Waals surface area contributed by atoms with Crippen LogP contribution in [0.2, 0.25) is 0 Å². The van der Waals surface area contributed by atoms with Crippen LogP contribution >= 0.6 is 11.6 Å². The van der Waals surface area contributed by atoms with Crippen LogP contribution in [-0.2, 0) is 0 Å². The Balaban J connectivity index is 2.49. The third-order valence-corrected chi connectivity index (χ3v) is 3.44. The fraction of sp³-hybridized carbons (Fsp3) is 0.200. The summed E-state index contributed by atoms with van der Waals surface area (Å²) in [7, 11) is 2.77. The molecule has 0 amide bonds. The number of hydrogen-bond donors (Lipinski definition) is 0. The monoisotopic (exact) mass is 316 g/mol. The lowest BCUT2D eigenvalue weighted by Crippen LogP contribution is -2.01. The van der Waals surface area contributed by atoms with Gasteiger partial charge in [0, 0.05) is 17.7 Å². The van der Waals surface area contributed by atoms with Gasteiger partial charge in [-0.2, -0.15) is 0 Å². The third-order valence-electron chi connectivity index (χ3n) is 2.95. The van der Waals surface area contributed by atoms with Crippen molar-refractivity contribution >= 4 is 11.6 Å². The predicted molar refractivity (Wildman–Crippen MR) is 73.6 cm³/mol. The molecule has 0 aliphatic rings. The fourth-order valence-electron chi connectivity index (χ4n) is 1.97. The fourth-order valence-corrected chi connectivity index (χ4v) is 2.26. The van der Waals surface area contributed by atoms with Crippen molar-refractivity contribution in [2.75, 3.05) is 14.2 Å². The Morgan fingerprint density at radius 1 is 0.857 bits per heavy atom.